The molecule has 21 heavy (non-hydrogen) atoms. The van der Waals surface area contributed by atoms with Crippen LogP contribution in [0.5, 0.6) is 0 Å². The van der Waals surface area contributed by atoms with E-state index in [1.54, 1.807) is 7.05 Å². The van der Waals surface area contributed by atoms with Crippen molar-refractivity contribution in [2.45, 2.75) is 25.3 Å². The Hall–Kier alpha value is -2.20. The Kier molecular flexibility index (Phi) is 3.83. The summed E-state index contributed by atoms with van der Waals surface area (Å²) < 4.78 is 33.4. The molecule has 2 aromatic heterocycles. The fourth-order valence-electron chi connectivity index (χ4n) is 1.93. The second-order valence-electron chi connectivity index (χ2n) is 4.38. The number of aromatic nitrogens is 3. The highest BCUT2D eigenvalue weighted by Crippen LogP contribution is 2.26. The lowest BCUT2D eigenvalue weighted by Gasteiger charge is -2.05. The molecule has 0 aliphatic heterocycles. The average Bonchev–Trinajstić information content (AvgIpc) is 2.90. The van der Waals surface area contributed by atoms with E-state index < -0.39 is 16.0 Å². The van der Waals surface area contributed by atoms with E-state index in [1.165, 1.54) is 24.9 Å². The molecule has 0 aliphatic carbocycles. The van der Waals surface area contributed by atoms with Crippen LogP contribution in [0.15, 0.2) is 15.6 Å². The first kappa shape index (κ1) is 15.2. The van der Waals surface area contributed by atoms with E-state index in [0.717, 1.165) is 0 Å². The van der Waals surface area contributed by atoms with E-state index in [-0.39, 0.29) is 34.3 Å². The first-order chi connectivity index (χ1) is 9.72. The van der Waals surface area contributed by atoms with Crippen LogP contribution in [-0.4, -0.2) is 34.3 Å². The normalized spacial score (nSPS) is 11.8. The molecule has 0 saturated heterocycles. The van der Waals surface area contributed by atoms with Gasteiger partial charge in [-0.2, -0.15) is 5.10 Å². The topological polar surface area (TPSA) is 127 Å². The molecule has 2 heterocycles. The van der Waals surface area contributed by atoms with Crippen molar-refractivity contribution in [2.75, 3.05) is 0 Å². The van der Waals surface area contributed by atoms with E-state index in [2.05, 4.69) is 14.8 Å². The molecule has 0 aromatic carbocycles. The fourth-order valence-corrected chi connectivity index (χ4v) is 3.31. The summed E-state index contributed by atoms with van der Waals surface area (Å²) in [5.74, 6) is -1.03. The van der Waals surface area contributed by atoms with Gasteiger partial charge in [-0.25, -0.2) is 22.9 Å². The smallest absolute Gasteiger partial charge is 0.340 e. The lowest BCUT2D eigenvalue weighted by molar-refractivity contribution is 0.0691. The highest BCUT2D eigenvalue weighted by Gasteiger charge is 2.30. The van der Waals surface area contributed by atoms with Crippen LogP contribution in [0.2, 0.25) is 0 Å². The van der Waals surface area contributed by atoms with E-state index in [9.17, 15) is 13.2 Å². The highest BCUT2D eigenvalue weighted by atomic mass is 32.2. The molecule has 2 aromatic rings. The zero-order valence-corrected chi connectivity index (χ0v) is 12.4. The third-order valence-electron chi connectivity index (χ3n) is 2.76. The molecule has 114 valence electrons. The summed E-state index contributed by atoms with van der Waals surface area (Å²) in [5, 5.41) is 13.1. The van der Waals surface area contributed by atoms with Gasteiger partial charge in [-0.05, 0) is 13.8 Å². The van der Waals surface area contributed by atoms with Gasteiger partial charge in [0.2, 0.25) is 10.0 Å². The van der Waals surface area contributed by atoms with Crippen molar-refractivity contribution in [3.63, 3.8) is 0 Å². The van der Waals surface area contributed by atoms with Crippen molar-refractivity contribution in [3.05, 3.63) is 29.2 Å². The van der Waals surface area contributed by atoms with Crippen LogP contribution >= 0.6 is 0 Å². The minimum absolute atomic E-state index is 0.0198. The molecule has 0 radical (unpaired) electrons. The molecule has 2 rings (SSSR count). The van der Waals surface area contributed by atoms with Gasteiger partial charge in [0.25, 0.3) is 0 Å². The number of rotatable bonds is 5. The van der Waals surface area contributed by atoms with Crippen LogP contribution in [0.25, 0.3) is 0 Å². The molecule has 9 nitrogen and oxygen atoms in total. The summed E-state index contributed by atoms with van der Waals surface area (Å²) in [5.41, 5.74) is -0.367. The van der Waals surface area contributed by atoms with Crippen LogP contribution in [0, 0.1) is 13.8 Å². The van der Waals surface area contributed by atoms with Crippen LogP contribution in [0.3, 0.4) is 0 Å². The van der Waals surface area contributed by atoms with E-state index in [0.29, 0.717) is 0 Å². The van der Waals surface area contributed by atoms with Gasteiger partial charge < -0.3 is 9.52 Å². The number of hydrogen-bond acceptors (Lipinski definition) is 6. The standard InChI is InChI=1S/C11H14N4O5S/c1-6-9(11(16)17)10(7(2)20-6)21(18,19)13-4-8-12-5-15(3)14-8/h5,13H,4H2,1-3H3,(H,16,17). The van der Waals surface area contributed by atoms with Crippen LogP contribution in [-0.2, 0) is 23.6 Å². The van der Waals surface area contributed by atoms with Gasteiger partial charge in [-0.3, -0.25) is 4.68 Å². The first-order valence-electron chi connectivity index (χ1n) is 5.90. The molecule has 0 spiro atoms. The van der Waals surface area contributed by atoms with Crippen LogP contribution < -0.4 is 4.72 Å². The van der Waals surface area contributed by atoms with Crippen LogP contribution in [0.1, 0.15) is 27.7 Å². The monoisotopic (exact) mass is 314 g/mol. The second-order valence-corrected chi connectivity index (χ2v) is 6.09. The largest absolute Gasteiger partial charge is 0.478 e. The molecule has 10 heteroatoms. The third kappa shape index (κ3) is 2.95. The van der Waals surface area contributed by atoms with Crippen LogP contribution in [0.4, 0.5) is 0 Å². The van der Waals surface area contributed by atoms with Gasteiger partial charge in [-0.15, -0.1) is 0 Å². The summed E-state index contributed by atoms with van der Waals surface area (Å²) in [7, 11) is -2.40. The molecule has 0 atom stereocenters. The van der Waals surface area contributed by atoms with E-state index >= 15 is 0 Å². The number of carboxylic acid groups (broad SMARTS) is 1. The van der Waals surface area contributed by atoms with Gasteiger partial charge in [-0.1, -0.05) is 0 Å². The summed E-state index contributed by atoms with van der Waals surface area (Å²) in [6, 6.07) is 0. The maximum Gasteiger partial charge on any atom is 0.340 e. The number of aryl methyl sites for hydroxylation is 3. The zero-order valence-electron chi connectivity index (χ0n) is 11.6. The van der Waals surface area contributed by atoms with E-state index in [4.69, 9.17) is 9.52 Å². The average molecular weight is 314 g/mol. The number of hydrogen-bond donors (Lipinski definition) is 2. The number of carboxylic acids is 1. The van der Waals surface area contributed by atoms with Gasteiger partial charge in [0.05, 0.1) is 6.54 Å². The highest BCUT2D eigenvalue weighted by molar-refractivity contribution is 7.89. The predicted octanol–water partition coefficient (Wildman–Crippen LogP) is 0.202. The second kappa shape index (κ2) is 5.30. The third-order valence-corrected chi connectivity index (χ3v) is 4.31. The van der Waals surface area contributed by atoms with Gasteiger partial charge >= 0.3 is 5.97 Å². The van der Waals surface area contributed by atoms with Crippen molar-refractivity contribution in [1.82, 2.24) is 19.5 Å². The predicted molar refractivity (Wildman–Crippen MR) is 70.2 cm³/mol. The van der Waals surface area contributed by atoms with Gasteiger partial charge in [0.15, 0.2) is 5.82 Å². The molecular formula is C11H14N4O5S. The number of aromatic carboxylic acids is 1. The Morgan fingerprint density at radius 2 is 2.10 bits per heavy atom. The zero-order chi connectivity index (χ0) is 15.8. The Bertz CT molecular complexity index is 790. The molecule has 0 fully saturated rings. The molecule has 0 unspecified atom stereocenters. The van der Waals surface area contributed by atoms with Gasteiger partial charge in [0, 0.05) is 7.05 Å². The van der Waals surface area contributed by atoms with Crippen molar-refractivity contribution in [3.8, 4) is 0 Å². The Morgan fingerprint density at radius 3 is 2.62 bits per heavy atom. The van der Waals surface area contributed by atoms with Gasteiger partial charge in [0.1, 0.15) is 28.3 Å². The van der Waals surface area contributed by atoms with Crippen molar-refractivity contribution in [2.24, 2.45) is 7.05 Å². The number of sulfonamides is 1. The molecule has 0 aliphatic rings. The minimum Gasteiger partial charge on any atom is -0.478 e. The number of carbonyl (C=O) groups is 1. The first-order valence-corrected chi connectivity index (χ1v) is 7.38. The summed E-state index contributed by atoms with van der Waals surface area (Å²) in [4.78, 5) is 14.7. The maximum atomic E-state index is 12.3. The van der Waals surface area contributed by atoms with Crippen molar-refractivity contribution < 1.29 is 22.7 Å². The molecular weight excluding hydrogens is 300 g/mol. The lowest BCUT2D eigenvalue weighted by Crippen LogP contribution is -2.26. The molecule has 0 bridgehead atoms. The Morgan fingerprint density at radius 1 is 1.43 bits per heavy atom. The molecule has 0 saturated carbocycles. The van der Waals surface area contributed by atoms with E-state index in [1.807, 2.05) is 0 Å². The SMILES string of the molecule is Cc1oc(C)c(S(=O)(=O)NCc2ncn(C)n2)c1C(=O)O. The Labute approximate surface area is 120 Å². The van der Waals surface area contributed by atoms with Crippen molar-refractivity contribution >= 4 is 16.0 Å². The summed E-state index contributed by atoms with van der Waals surface area (Å²) >= 11 is 0. The quantitative estimate of drug-likeness (QED) is 0.807. The fraction of sp³-hybridized carbons (Fsp3) is 0.364. The number of nitrogens with one attached hydrogen (secondary N) is 1. The molecule has 2 N–H and O–H groups in total. The summed E-state index contributed by atoms with van der Waals surface area (Å²) in [6.45, 7) is 2.65. The summed E-state index contributed by atoms with van der Waals surface area (Å²) in [6.07, 6.45) is 1.43. The Balaban J connectivity index is 2.34. The number of nitrogens with zero attached hydrogens (tertiary/aromatic N) is 3. The number of furan rings is 1. The van der Waals surface area contributed by atoms with Crippen molar-refractivity contribution in [1.29, 1.82) is 0 Å². The lowest BCUT2D eigenvalue weighted by atomic mass is 10.2. The maximum absolute atomic E-state index is 12.3. The molecule has 0 amide bonds. The minimum atomic E-state index is -4.05.